The Hall–Kier alpha value is -2.08. The van der Waals surface area contributed by atoms with E-state index in [1.165, 1.54) is 0 Å². The van der Waals surface area contributed by atoms with Gasteiger partial charge in [-0.25, -0.2) is 0 Å². The molecule has 6 heteroatoms. The molecule has 0 spiro atoms. The van der Waals surface area contributed by atoms with Crippen LogP contribution in [0, 0.1) is 10.8 Å². The summed E-state index contributed by atoms with van der Waals surface area (Å²) in [5.74, 6) is -0.135. The molecule has 0 bridgehead atoms. The molecule has 1 aromatic carbocycles. The molecule has 0 aliphatic rings. The van der Waals surface area contributed by atoms with E-state index in [-0.39, 0.29) is 23.4 Å². The van der Waals surface area contributed by atoms with Crippen molar-refractivity contribution in [2.45, 2.75) is 68.2 Å². The van der Waals surface area contributed by atoms with Gasteiger partial charge in [-0.1, -0.05) is 41.5 Å². The summed E-state index contributed by atoms with van der Waals surface area (Å²) >= 11 is 0. The van der Waals surface area contributed by atoms with Crippen molar-refractivity contribution in [3.8, 4) is 0 Å². The van der Waals surface area contributed by atoms with Crippen molar-refractivity contribution < 1.29 is 14.6 Å². The number of hydrogen-bond acceptors (Lipinski definition) is 6. The number of hydrogen-bond donors (Lipinski definition) is 1. The van der Waals surface area contributed by atoms with Gasteiger partial charge in [-0.2, -0.15) is 0 Å². The fourth-order valence-corrected chi connectivity index (χ4v) is 4.49. The highest BCUT2D eigenvalue weighted by Crippen LogP contribution is 2.39. The standard InChI is InChI=1S/C24H41N3O3.C2H6/c1-9-27(13-14-28)19-11-12-21(20(15-19)25-7)26(8)18-24(5,6)17-23(3,4)16-22(29)30-10-2;1-2/h11-12,15,28H,7,9-10,13-14,16-18H2,1-6,8H3;1-2H3. The van der Waals surface area contributed by atoms with Crippen LogP contribution in [0.4, 0.5) is 17.1 Å². The Morgan fingerprint density at radius 1 is 1.16 bits per heavy atom. The summed E-state index contributed by atoms with van der Waals surface area (Å²) in [6.45, 7) is 23.1. The van der Waals surface area contributed by atoms with Gasteiger partial charge in [0.1, 0.15) is 0 Å². The lowest BCUT2D eigenvalue weighted by Gasteiger charge is -2.38. The summed E-state index contributed by atoms with van der Waals surface area (Å²) in [7, 11) is 2.06. The SMILES string of the molecule is C=Nc1cc(N(CC)CCO)ccc1N(C)CC(C)(C)CC(C)(C)CC(=O)OCC.CC. The number of ether oxygens (including phenoxy) is 1. The van der Waals surface area contributed by atoms with Gasteiger partial charge in [-0.3, -0.25) is 9.79 Å². The number of benzene rings is 1. The number of nitrogens with zero attached hydrogens (tertiary/aromatic N) is 3. The van der Waals surface area contributed by atoms with E-state index in [0.717, 1.165) is 36.6 Å². The third-order valence-corrected chi connectivity index (χ3v) is 5.21. The molecule has 1 aromatic rings. The Labute approximate surface area is 196 Å². The van der Waals surface area contributed by atoms with E-state index in [9.17, 15) is 9.90 Å². The zero-order valence-corrected chi connectivity index (χ0v) is 22.0. The van der Waals surface area contributed by atoms with E-state index in [1.54, 1.807) is 0 Å². The summed E-state index contributed by atoms with van der Waals surface area (Å²) in [6.07, 6.45) is 1.30. The molecule has 1 N–H and O–H groups in total. The Balaban J connectivity index is 0.00000466. The van der Waals surface area contributed by atoms with Crippen molar-refractivity contribution in [2.24, 2.45) is 15.8 Å². The predicted octanol–water partition coefficient (Wildman–Crippen LogP) is 5.70. The number of carbonyl (C=O) groups is 1. The molecule has 0 saturated carbocycles. The summed E-state index contributed by atoms with van der Waals surface area (Å²) < 4.78 is 5.14. The quantitative estimate of drug-likeness (QED) is 0.309. The van der Waals surface area contributed by atoms with Crippen LogP contribution in [0.15, 0.2) is 23.2 Å². The predicted molar refractivity (Wildman–Crippen MR) is 139 cm³/mol. The molecule has 0 atom stereocenters. The van der Waals surface area contributed by atoms with Gasteiger partial charge in [0.2, 0.25) is 0 Å². The Morgan fingerprint density at radius 2 is 1.78 bits per heavy atom. The molecule has 0 aromatic heterocycles. The molecule has 1 rings (SSSR count). The second-order valence-corrected chi connectivity index (χ2v) is 9.48. The Bertz CT molecular complexity index is 702. The van der Waals surface area contributed by atoms with Crippen LogP contribution in [0.5, 0.6) is 0 Å². The van der Waals surface area contributed by atoms with Crippen molar-refractivity contribution in [1.82, 2.24) is 0 Å². The number of rotatable bonds is 13. The van der Waals surface area contributed by atoms with Crippen LogP contribution in [0.3, 0.4) is 0 Å². The van der Waals surface area contributed by atoms with Gasteiger partial charge < -0.3 is 19.6 Å². The third kappa shape index (κ3) is 10.0. The smallest absolute Gasteiger partial charge is 0.306 e. The Kier molecular flexibility index (Phi) is 13.2. The summed E-state index contributed by atoms with van der Waals surface area (Å²) in [6, 6.07) is 6.16. The second kappa shape index (κ2) is 14.1. The third-order valence-electron chi connectivity index (χ3n) is 5.21. The molecule has 0 saturated heterocycles. The van der Waals surface area contributed by atoms with Gasteiger partial charge in [0, 0.05) is 32.4 Å². The molecule has 6 nitrogen and oxygen atoms in total. The molecular weight excluding hydrogens is 402 g/mol. The zero-order valence-electron chi connectivity index (χ0n) is 22.0. The first-order valence-corrected chi connectivity index (χ1v) is 11.8. The topological polar surface area (TPSA) is 65.4 Å². The van der Waals surface area contributed by atoms with Gasteiger partial charge in [-0.15, -0.1) is 0 Å². The average Bonchev–Trinajstić information content (AvgIpc) is 2.71. The van der Waals surface area contributed by atoms with E-state index in [4.69, 9.17) is 4.74 Å². The number of likely N-dealkylation sites (N-methyl/N-ethyl adjacent to an activating group) is 1. The normalized spacial score (nSPS) is 11.3. The van der Waals surface area contributed by atoms with Gasteiger partial charge >= 0.3 is 5.97 Å². The number of anilines is 2. The van der Waals surface area contributed by atoms with Gasteiger partial charge in [0.25, 0.3) is 0 Å². The minimum Gasteiger partial charge on any atom is -0.466 e. The first-order valence-electron chi connectivity index (χ1n) is 11.8. The number of aliphatic imine (C=N–C) groups is 1. The number of aliphatic hydroxyl groups excluding tert-OH is 1. The fourth-order valence-electron chi connectivity index (χ4n) is 4.49. The highest BCUT2D eigenvalue weighted by atomic mass is 16.5. The maximum atomic E-state index is 12.0. The van der Waals surface area contributed by atoms with E-state index >= 15 is 0 Å². The molecular formula is C26H47N3O3. The second-order valence-electron chi connectivity index (χ2n) is 9.48. The molecule has 0 radical (unpaired) electrons. The first kappa shape index (κ1) is 29.9. The highest BCUT2D eigenvalue weighted by molar-refractivity contribution is 5.74. The van der Waals surface area contributed by atoms with Crippen molar-refractivity contribution >= 4 is 29.7 Å². The van der Waals surface area contributed by atoms with Crippen LogP contribution in [-0.4, -0.2) is 57.7 Å². The number of esters is 1. The van der Waals surface area contributed by atoms with E-state index in [1.807, 2.05) is 26.8 Å². The van der Waals surface area contributed by atoms with E-state index < -0.39 is 0 Å². The first-order chi connectivity index (χ1) is 15.0. The van der Waals surface area contributed by atoms with Gasteiger partial charge in [-0.05, 0) is 56.0 Å². The van der Waals surface area contributed by atoms with Crippen molar-refractivity contribution in [1.29, 1.82) is 0 Å². The van der Waals surface area contributed by atoms with Gasteiger partial charge in [0.05, 0.1) is 31.0 Å². The molecule has 0 unspecified atom stereocenters. The maximum Gasteiger partial charge on any atom is 0.306 e. The van der Waals surface area contributed by atoms with Crippen LogP contribution >= 0.6 is 0 Å². The molecule has 0 fully saturated rings. The molecule has 32 heavy (non-hydrogen) atoms. The van der Waals surface area contributed by atoms with Crippen molar-refractivity contribution in [3.05, 3.63) is 18.2 Å². The molecule has 184 valence electrons. The molecule has 0 aliphatic carbocycles. The van der Waals surface area contributed by atoms with Crippen LogP contribution in [0.1, 0.15) is 68.2 Å². The van der Waals surface area contributed by atoms with Crippen LogP contribution in [-0.2, 0) is 9.53 Å². The van der Waals surface area contributed by atoms with Crippen LogP contribution in [0.25, 0.3) is 0 Å². The van der Waals surface area contributed by atoms with E-state index in [0.29, 0.717) is 19.6 Å². The zero-order chi connectivity index (χ0) is 24.9. The van der Waals surface area contributed by atoms with Gasteiger partial charge in [0.15, 0.2) is 0 Å². The lowest BCUT2D eigenvalue weighted by Crippen LogP contribution is -2.36. The van der Waals surface area contributed by atoms with Crippen molar-refractivity contribution in [2.75, 3.05) is 49.7 Å². The molecule has 0 heterocycles. The monoisotopic (exact) mass is 449 g/mol. The molecule has 0 aliphatic heterocycles. The summed E-state index contributed by atoms with van der Waals surface area (Å²) in [5, 5.41) is 9.29. The number of carbonyl (C=O) groups excluding carboxylic acids is 1. The minimum atomic E-state index is -0.147. The lowest BCUT2D eigenvalue weighted by atomic mass is 9.73. The summed E-state index contributed by atoms with van der Waals surface area (Å²) in [5.41, 5.74) is 2.71. The largest absolute Gasteiger partial charge is 0.466 e. The minimum absolute atomic E-state index is 0.0196. The fraction of sp³-hybridized carbons (Fsp3) is 0.692. The highest BCUT2D eigenvalue weighted by Gasteiger charge is 2.32. The van der Waals surface area contributed by atoms with Crippen LogP contribution < -0.4 is 9.80 Å². The van der Waals surface area contributed by atoms with Crippen molar-refractivity contribution in [3.63, 3.8) is 0 Å². The summed E-state index contributed by atoms with van der Waals surface area (Å²) in [4.78, 5) is 20.5. The molecule has 0 amide bonds. The lowest BCUT2D eigenvalue weighted by molar-refractivity contribution is -0.145. The Morgan fingerprint density at radius 3 is 2.28 bits per heavy atom. The van der Waals surface area contributed by atoms with Crippen LogP contribution in [0.2, 0.25) is 0 Å². The maximum absolute atomic E-state index is 12.0. The van der Waals surface area contributed by atoms with E-state index in [2.05, 4.69) is 75.3 Å². The number of aliphatic hydroxyl groups is 1. The average molecular weight is 450 g/mol.